The number of benzene rings is 2. The van der Waals surface area contributed by atoms with Crippen molar-refractivity contribution in [3.63, 3.8) is 0 Å². The maximum Gasteiger partial charge on any atom is 0.254 e. The number of hydrogen-bond donors (Lipinski definition) is 1. The molecule has 1 N–H and O–H groups in total. The van der Waals surface area contributed by atoms with Crippen LogP contribution in [0, 0.1) is 0 Å². The van der Waals surface area contributed by atoms with Crippen LogP contribution in [0.25, 0.3) is 0 Å². The molecular formula is C26H32N2O4. The van der Waals surface area contributed by atoms with Crippen LogP contribution < -0.4 is 10.1 Å². The van der Waals surface area contributed by atoms with Crippen molar-refractivity contribution in [1.29, 1.82) is 0 Å². The first kappa shape index (κ1) is 22.3. The fraction of sp³-hybridized carbons (Fsp3) is 0.462. The van der Waals surface area contributed by atoms with Crippen molar-refractivity contribution in [3.8, 4) is 5.75 Å². The highest BCUT2D eigenvalue weighted by Gasteiger charge is 2.55. The molecule has 2 aliphatic rings. The van der Waals surface area contributed by atoms with E-state index < -0.39 is 5.54 Å². The Labute approximate surface area is 189 Å². The van der Waals surface area contributed by atoms with Gasteiger partial charge in [-0.25, -0.2) is 0 Å². The minimum absolute atomic E-state index is 0.00257. The van der Waals surface area contributed by atoms with Crippen molar-refractivity contribution in [1.82, 2.24) is 10.2 Å². The molecule has 0 aromatic heterocycles. The Morgan fingerprint density at radius 2 is 1.81 bits per heavy atom. The molecular weight excluding hydrogens is 404 g/mol. The Morgan fingerprint density at radius 3 is 2.50 bits per heavy atom. The molecule has 1 spiro atoms. The van der Waals surface area contributed by atoms with E-state index in [4.69, 9.17) is 9.47 Å². The number of carbonyl (C=O) groups excluding carboxylic acids is 2. The summed E-state index contributed by atoms with van der Waals surface area (Å²) in [4.78, 5) is 29.0. The Balaban J connectivity index is 1.58. The second-order valence-electron chi connectivity index (χ2n) is 8.67. The average Bonchev–Trinajstić information content (AvgIpc) is 3.29. The quantitative estimate of drug-likeness (QED) is 0.687. The zero-order chi connectivity index (χ0) is 22.6. The number of nitrogens with one attached hydrogen (secondary N) is 1. The van der Waals surface area contributed by atoms with Crippen LogP contribution in [0.1, 0.15) is 53.1 Å². The third kappa shape index (κ3) is 4.11. The van der Waals surface area contributed by atoms with E-state index >= 15 is 0 Å². The van der Waals surface area contributed by atoms with Gasteiger partial charge in [0.1, 0.15) is 5.75 Å². The first-order chi connectivity index (χ1) is 15.6. The minimum Gasteiger partial charge on any atom is -0.497 e. The topological polar surface area (TPSA) is 67.9 Å². The fourth-order valence-corrected chi connectivity index (χ4v) is 5.40. The average molecular weight is 437 g/mol. The number of methoxy groups -OCH3 is 2. The summed E-state index contributed by atoms with van der Waals surface area (Å²) in [6, 6.07) is 15.5. The highest BCUT2D eigenvalue weighted by atomic mass is 16.5. The molecule has 2 amide bonds. The van der Waals surface area contributed by atoms with Gasteiger partial charge in [-0.15, -0.1) is 0 Å². The van der Waals surface area contributed by atoms with Crippen LogP contribution in [0.2, 0.25) is 0 Å². The maximum absolute atomic E-state index is 13.6. The van der Waals surface area contributed by atoms with Gasteiger partial charge in [0.25, 0.3) is 5.91 Å². The predicted octanol–water partition coefficient (Wildman–Crippen LogP) is 3.55. The lowest BCUT2D eigenvalue weighted by Crippen LogP contribution is -2.61. The monoisotopic (exact) mass is 436 g/mol. The van der Waals surface area contributed by atoms with Gasteiger partial charge in [-0.05, 0) is 48.6 Å². The summed E-state index contributed by atoms with van der Waals surface area (Å²) in [5, 5.41) is 3.17. The van der Waals surface area contributed by atoms with Crippen molar-refractivity contribution in [2.24, 2.45) is 0 Å². The Morgan fingerprint density at radius 1 is 1.09 bits per heavy atom. The molecule has 2 aromatic carbocycles. The van der Waals surface area contributed by atoms with Crippen molar-refractivity contribution < 1.29 is 19.1 Å². The zero-order valence-electron chi connectivity index (χ0n) is 18.9. The second-order valence-corrected chi connectivity index (χ2v) is 8.67. The lowest BCUT2D eigenvalue weighted by Gasteiger charge is -2.50. The molecule has 4 rings (SSSR count). The van der Waals surface area contributed by atoms with Gasteiger partial charge < -0.3 is 19.7 Å². The summed E-state index contributed by atoms with van der Waals surface area (Å²) >= 11 is 0. The third-order valence-corrected chi connectivity index (χ3v) is 6.94. The smallest absolute Gasteiger partial charge is 0.254 e. The van der Waals surface area contributed by atoms with Gasteiger partial charge in [0, 0.05) is 25.8 Å². The first-order valence-electron chi connectivity index (χ1n) is 11.4. The highest BCUT2D eigenvalue weighted by Crippen LogP contribution is 2.50. The molecule has 6 nitrogen and oxygen atoms in total. The SMILES string of the molecule is COCCN1C(=O)c2ccccc2[C@H](C(=O)NCCc2ccc(OC)cc2)C12CCCC2. The minimum atomic E-state index is -0.478. The van der Waals surface area contributed by atoms with E-state index in [-0.39, 0.29) is 17.7 Å². The fourth-order valence-electron chi connectivity index (χ4n) is 5.40. The van der Waals surface area contributed by atoms with Gasteiger partial charge in [0.2, 0.25) is 5.91 Å². The standard InChI is InChI=1S/C26H32N2O4/c1-31-18-17-28-25(30)22-8-4-3-7-21(22)23(26(28)14-5-6-15-26)24(29)27-16-13-19-9-11-20(32-2)12-10-19/h3-4,7-12,23H,5-6,13-18H2,1-2H3,(H,27,29)/t23-/m1/s1. The van der Waals surface area contributed by atoms with Gasteiger partial charge in [0.15, 0.2) is 0 Å². The number of amides is 2. The molecule has 1 aliphatic carbocycles. The number of rotatable bonds is 8. The number of ether oxygens (including phenoxy) is 2. The predicted molar refractivity (Wildman–Crippen MR) is 123 cm³/mol. The molecule has 6 heteroatoms. The van der Waals surface area contributed by atoms with Crippen LogP contribution in [0.4, 0.5) is 0 Å². The molecule has 0 saturated heterocycles. The maximum atomic E-state index is 13.6. The van der Waals surface area contributed by atoms with Crippen LogP contribution in [0.15, 0.2) is 48.5 Å². The molecule has 0 unspecified atom stereocenters. The molecule has 170 valence electrons. The largest absolute Gasteiger partial charge is 0.497 e. The van der Waals surface area contributed by atoms with Crippen LogP contribution in [-0.4, -0.2) is 56.2 Å². The number of hydrogen-bond acceptors (Lipinski definition) is 4. The molecule has 1 atom stereocenters. The van der Waals surface area contributed by atoms with Gasteiger partial charge in [-0.3, -0.25) is 9.59 Å². The summed E-state index contributed by atoms with van der Waals surface area (Å²) in [7, 11) is 3.30. The zero-order valence-corrected chi connectivity index (χ0v) is 18.9. The van der Waals surface area contributed by atoms with E-state index in [9.17, 15) is 9.59 Å². The third-order valence-electron chi connectivity index (χ3n) is 6.94. The van der Waals surface area contributed by atoms with Gasteiger partial charge in [-0.2, -0.15) is 0 Å². The summed E-state index contributed by atoms with van der Waals surface area (Å²) in [5.41, 5.74) is 2.16. The molecule has 1 saturated carbocycles. The lowest BCUT2D eigenvalue weighted by atomic mass is 9.71. The van der Waals surface area contributed by atoms with E-state index in [1.165, 1.54) is 0 Å². The number of fused-ring (bicyclic) bond motifs is 1. The van der Waals surface area contributed by atoms with Crippen molar-refractivity contribution >= 4 is 11.8 Å². The molecule has 1 heterocycles. The van der Waals surface area contributed by atoms with Crippen LogP contribution in [0.3, 0.4) is 0 Å². The molecule has 0 radical (unpaired) electrons. The Hall–Kier alpha value is -2.86. The number of nitrogens with zero attached hydrogens (tertiary/aromatic N) is 1. The molecule has 1 aliphatic heterocycles. The normalized spacial score (nSPS) is 19.1. The molecule has 1 fully saturated rings. The van der Waals surface area contributed by atoms with E-state index in [0.717, 1.165) is 49.0 Å². The first-order valence-corrected chi connectivity index (χ1v) is 11.4. The number of carbonyl (C=O) groups is 2. The van der Waals surface area contributed by atoms with Crippen LogP contribution >= 0.6 is 0 Å². The van der Waals surface area contributed by atoms with E-state index in [2.05, 4.69) is 5.32 Å². The summed E-state index contributed by atoms with van der Waals surface area (Å²) < 4.78 is 10.5. The van der Waals surface area contributed by atoms with Crippen molar-refractivity contribution in [2.75, 3.05) is 33.9 Å². The highest BCUT2D eigenvalue weighted by molar-refractivity contribution is 6.02. The van der Waals surface area contributed by atoms with E-state index in [1.807, 2.05) is 53.4 Å². The second kappa shape index (κ2) is 9.74. The van der Waals surface area contributed by atoms with Gasteiger partial charge in [-0.1, -0.05) is 43.2 Å². The Kier molecular flexibility index (Phi) is 6.80. The van der Waals surface area contributed by atoms with E-state index in [0.29, 0.717) is 25.3 Å². The van der Waals surface area contributed by atoms with Crippen molar-refractivity contribution in [2.45, 2.75) is 43.6 Å². The summed E-state index contributed by atoms with van der Waals surface area (Å²) in [5.74, 6) is 0.469. The Bertz CT molecular complexity index is 951. The molecule has 32 heavy (non-hydrogen) atoms. The lowest BCUT2D eigenvalue weighted by molar-refractivity contribution is -0.126. The van der Waals surface area contributed by atoms with Crippen LogP contribution in [0.5, 0.6) is 5.75 Å². The van der Waals surface area contributed by atoms with E-state index in [1.54, 1.807) is 14.2 Å². The molecule has 0 bridgehead atoms. The van der Waals surface area contributed by atoms with Crippen LogP contribution in [-0.2, 0) is 16.0 Å². The molecule has 2 aromatic rings. The van der Waals surface area contributed by atoms with Crippen molar-refractivity contribution in [3.05, 3.63) is 65.2 Å². The summed E-state index contributed by atoms with van der Waals surface area (Å²) in [6.45, 7) is 1.51. The van der Waals surface area contributed by atoms with Gasteiger partial charge in [0.05, 0.1) is 25.2 Å². The summed E-state index contributed by atoms with van der Waals surface area (Å²) in [6.07, 6.45) is 4.47. The van der Waals surface area contributed by atoms with Gasteiger partial charge >= 0.3 is 0 Å².